The summed E-state index contributed by atoms with van der Waals surface area (Å²) in [4.78, 5) is 22.9. The van der Waals surface area contributed by atoms with Crippen LogP contribution >= 0.6 is 0 Å². The molecule has 0 bridgehead atoms. The van der Waals surface area contributed by atoms with Crippen molar-refractivity contribution in [2.75, 3.05) is 0 Å². The molecule has 0 aromatic carbocycles. The average molecular weight is 239 g/mol. The van der Waals surface area contributed by atoms with E-state index >= 15 is 0 Å². The topological polar surface area (TPSA) is 55.4 Å². The summed E-state index contributed by atoms with van der Waals surface area (Å²) in [6.45, 7) is 5.78. The third kappa shape index (κ3) is 3.20. The molecule has 2 rings (SSSR count). The van der Waals surface area contributed by atoms with Gasteiger partial charge in [0.1, 0.15) is 11.9 Å². The van der Waals surface area contributed by atoms with Gasteiger partial charge >= 0.3 is 6.09 Å². The van der Waals surface area contributed by atoms with Crippen LogP contribution in [0.25, 0.3) is 0 Å². The van der Waals surface area contributed by atoms with Gasteiger partial charge in [-0.1, -0.05) is 0 Å². The molecule has 0 heterocycles. The van der Waals surface area contributed by atoms with Gasteiger partial charge in [-0.05, 0) is 45.4 Å². The molecule has 0 aromatic heterocycles. The van der Waals surface area contributed by atoms with Gasteiger partial charge < -0.3 is 10.1 Å². The second kappa shape index (κ2) is 4.31. The smallest absolute Gasteiger partial charge is 0.407 e. The zero-order valence-electron chi connectivity index (χ0n) is 10.8. The number of amides is 1. The number of fused-ring (bicyclic) bond motifs is 1. The minimum atomic E-state index is -0.339. The first-order chi connectivity index (χ1) is 7.83. The molecule has 0 radical (unpaired) electrons. The number of hydrogen-bond acceptors (Lipinski definition) is 3. The van der Waals surface area contributed by atoms with Gasteiger partial charge in [0.05, 0.1) is 0 Å². The van der Waals surface area contributed by atoms with Crippen LogP contribution in [0.3, 0.4) is 0 Å². The van der Waals surface area contributed by atoms with Crippen molar-refractivity contribution in [3.8, 4) is 0 Å². The number of carbonyl (C=O) groups is 2. The number of alkyl carbamates (subject to hydrolysis) is 1. The molecule has 0 aromatic rings. The normalized spacial score (nSPS) is 32.4. The Morgan fingerprint density at radius 3 is 2.24 bits per heavy atom. The van der Waals surface area contributed by atoms with Crippen molar-refractivity contribution in [3.63, 3.8) is 0 Å². The summed E-state index contributed by atoms with van der Waals surface area (Å²) < 4.78 is 5.40. The van der Waals surface area contributed by atoms with Gasteiger partial charge in [0.25, 0.3) is 0 Å². The maximum absolute atomic E-state index is 11.6. The number of Topliss-reactive ketones (excluding diaryl/α,β-unsaturated/α-hetero) is 1. The average Bonchev–Trinajstić information content (AvgIpc) is 2.56. The van der Waals surface area contributed by atoms with Crippen molar-refractivity contribution in [1.82, 2.24) is 5.32 Å². The van der Waals surface area contributed by atoms with E-state index in [9.17, 15) is 9.59 Å². The monoisotopic (exact) mass is 239 g/mol. The summed E-state index contributed by atoms with van der Waals surface area (Å²) in [5, 5.41) is 2.79. The molecule has 2 unspecified atom stereocenters. The highest BCUT2D eigenvalue weighted by Crippen LogP contribution is 2.43. The van der Waals surface area contributed by atoms with E-state index in [-0.39, 0.29) is 17.7 Å². The quantitative estimate of drug-likeness (QED) is 0.763. The van der Waals surface area contributed by atoms with Crippen molar-refractivity contribution < 1.29 is 14.3 Å². The molecular formula is C13H21NO3. The molecular weight excluding hydrogens is 218 g/mol. The van der Waals surface area contributed by atoms with Crippen LogP contribution < -0.4 is 5.32 Å². The first kappa shape index (κ1) is 12.4. The molecule has 0 saturated heterocycles. The van der Waals surface area contributed by atoms with Crippen LogP contribution in [-0.2, 0) is 9.53 Å². The Labute approximate surface area is 102 Å². The third-order valence-corrected chi connectivity index (χ3v) is 3.53. The summed E-state index contributed by atoms with van der Waals surface area (Å²) in [6.07, 6.45) is 2.74. The molecule has 2 aliphatic carbocycles. The number of ketones is 1. The van der Waals surface area contributed by atoms with E-state index in [0.29, 0.717) is 30.5 Å². The lowest BCUT2D eigenvalue weighted by molar-refractivity contribution is -0.118. The highest BCUT2D eigenvalue weighted by Gasteiger charge is 2.42. The number of rotatable bonds is 1. The predicted octanol–water partition coefficient (Wildman–Crippen LogP) is 2.27. The summed E-state index contributed by atoms with van der Waals surface area (Å²) in [6, 6.07) is 0. The minimum absolute atomic E-state index is 0.000417. The van der Waals surface area contributed by atoms with Crippen molar-refractivity contribution >= 4 is 11.9 Å². The van der Waals surface area contributed by atoms with E-state index in [4.69, 9.17) is 4.74 Å². The summed E-state index contributed by atoms with van der Waals surface area (Å²) in [5.74, 6) is 1.28. The Bertz CT molecular complexity index is 316. The molecule has 1 N–H and O–H groups in total. The van der Waals surface area contributed by atoms with Crippen molar-refractivity contribution in [2.45, 2.75) is 58.1 Å². The largest absolute Gasteiger partial charge is 0.446 e. The predicted molar refractivity (Wildman–Crippen MR) is 63.6 cm³/mol. The lowest BCUT2D eigenvalue weighted by Gasteiger charge is -2.22. The lowest BCUT2D eigenvalue weighted by Crippen LogP contribution is -2.42. The molecule has 96 valence electrons. The summed E-state index contributed by atoms with van der Waals surface area (Å²) >= 11 is 0. The Hall–Kier alpha value is -1.06. The fourth-order valence-corrected chi connectivity index (χ4v) is 2.91. The number of nitrogens with one attached hydrogen (secondary N) is 1. The van der Waals surface area contributed by atoms with Crippen LogP contribution in [0.2, 0.25) is 0 Å². The van der Waals surface area contributed by atoms with Crippen LogP contribution in [0.1, 0.15) is 46.5 Å². The summed E-state index contributed by atoms with van der Waals surface area (Å²) in [7, 11) is 0. The summed E-state index contributed by atoms with van der Waals surface area (Å²) in [5.41, 5.74) is -0.262. The van der Waals surface area contributed by atoms with Crippen LogP contribution in [0.5, 0.6) is 0 Å². The Morgan fingerprint density at radius 1 is 1.24 bits per heavy atom. The lowest BCUT2D eigenvalue weighted by atomic mass is 10.0. The van der Waals surface area contributed by atoms with Crippen LogP contribution in [0.4, 0.5) is 4.79 Å². The van der Waals surface area contributed by atoms with E-state index in [1.165, 1.54) is 0 Å². The molecule has 2 saturated carbocycles. The van der Waals surface area contributed by atoms with Gasteiger partial charge in [-0.3, -0.25) is 4.79 Å². The Kier molecular flexibility index (Phi) is 3.15. The SMILES string of the molecule is CC(C)(C)NC(=O)OC1CC2CC(=O)CC2C1. The van der Waals surface area contributed by atoms with Gasteiger partial charge in [0.15, 0.2) is 0 Å². The Balaban J connectivity index is 1.79. The van der Waals surface area contributed by atoms with Gasteiger partial charge in [-0.2, -0.15) is 0 Å². The maximum atomic E-state index is 11.6. The highest BCUT2D eigenvalue weighted by atomic mass is 16.6. The number of hydrogen-bond donors (Lipinski definition) is 1. The molecule has 2 atom stereocenters. The van der Waals surface area contributed by atoms with Gasteiger partial charge in [0, 0.05) is 18.4 Å². The van der Waals surface area contributed by atoms with Gasteiger partial charge in [-0.15, -0.1) is 0 Å². The van der Waals surface area contributed by atoms with E-state index < -0.39 is 0 Å². The van der Waals surface area contributed by atoms with E-state index in [2.05, 4.69) is 5.32 Å². The van der Waals surface area contributed by atoms with Crippen molar-refractivity contribution in [3.05, 3.63) is 0 Å². The minimum Gasteiger partial charge on any atom is -0.446 e. The first-order valence-corrected chi connectivity index (χ1v) is 6.34. The number of ether oxygens (including phenoxy) is 1. The van der Waals surface area contributed by atoms with E-state index in [0.717, 1.165) is 12.8 Å². The zero-order valence-corrected chi connectivity index (χ0v) is 10.8. The molecule has 2 fully saturated rings. The van der Waals surface area contributed by atoms with Crippen LogP contribution in [0, 0.1) is 11.8 Å². The molecule has 4 nitrogen and oxygen atoms in total. The molecule has 17 heavy (non-hydrogen) atoms. The second-order valence-corrected chi connectivity index (χ2v) is 6.34. The molecule has 2 aliphatic rings. The fraction of sp³-hybridized carbons (Fsp3) is 0.846. The van der Waals surface area contributed by atoms with Gasteiger partial charge in [-0.25, -0.2) is 4.79 Å². The molecule has 0 spiro atoms. The van der Waals surface area contributed by atoms with E-state index in [1.54, 1.807) is 0 Å². The number of carbonyl (C=O) groups excluding carboxylic acids is 2. The van der Waals surface area contributed by atoms with E-state index in [1.807, 2.05) is 20.8 Å². The third-order valence-electron chi connectivity index (χ3n) is 3.53. The highest BCUT2D eigenvalue weighted by molar-refractivity contribution is 5.81. The maximum Gasteiger partial charge on any atom is 0.407 e. The van der Waals surface area contributed by atoms with Crippen LogP contribution in [0.15, 0.2) is 0 Å². The zero-order chi connectivity index (χ0) is 12.6. The van der Waals surface area contributed by atoms with Crippen molar-refractivity contribution in [2.24, 2.45) is 11.8 Å². The molecule has 1 amide bonds. The molecule has 4 heteroatoms. The second-order valence-electron chi connectivity index (χ2n) is 6.34. The molecule has 0 aliphatic heterocycles. The van der Waals surface area contributed by atoms with Crippen molar-refractivity contribution in [1.29, 1.82) is 0 Å². The standard InChI is InChI=1S/C13H21NO3/c1-13(2,3)14-12(16)17-11-6-8-4-10(15)5-9(8)7-11/h8-9,11H,4-7H2,1-3H3,(H,14,16). The fourth-order valence-electron chi connectivity index (χ4n) is 2.91. The van der Waals surface area contributed by atoms with Crippen LogP contribution in [-0.4, -0.2) is 23.5 Å². The van der Waals surface area contributed by atoms with Gasteiger partial charge in [0.2, 0.25) is 0 Å². The Morgan fingerprint density at radius 2 is 1.76 bits per heavy atom. The first-order valence-electron chi connectivity index (χ1n) is 6.34.